The van der Waals surface area contributed by atoms with E-state index in [-0.39, 0.29) is 24.3 Å². The van der Waals surface area contributed by atoms with Gasteiger partial charge in [-0.1, -0.05) is 11.6 Å². The topological polar surface area (TPSA) is 124 Å². The van der Waals surface area contributed by atoms with Gasteiger partial charge in [0.1, 0.15) is 11.4 Å². The van der Waals surface area contributed by atoms with Gasteiger partial charge in [-0.3, -0.25) is 9.59 Å². The molecule has 1 aliphatic heterocycles. The van der Waals surface area contributed by atoms with E-state index in [2.05, 4.69) is 10.3 Å². The first-order chi connectivity index (χ1) is 15.9. The van der Waals surface area contributed by atoms with Crippen molar-refractivity contribution in [1.29, 1.82) is 0 Å². The number of hydrogen-bond acceptors (Lipinski definition) is 7. The van der Waals surface area contributed by atoms with Gasteiger partial charge in [0.25, 0.3) is 11.8 Å². The molecule has 2 heterocycles. The second-order valence-corrected chi connectivity index (χ2v) is 9.09. The summed E-state index contributed by atoms with van der Waals surface area (Å²) in [5, 5.41) is 6.07. The van der Waals surface area contributed by atoms with E-state index in [1.807, 2.05) is 0 Å². The molecule has 0 unspecified atom stereocenters. The number of thiazole rings is 1. The smallest absolute Gasteiger partial charge is 0.275 e. The van der Waals surface area contributed by atoms with Crippen LogP contribution >= 0.6 is 22.9 Å². The molecule has 1 aromatic heterocycles. The third-order valence-corrected chi connectivity index (χ3v) is 6.73. The number of rotatable bonds is 6. The number of nitrogens with two attached hydrogens (primary N) is 2. The van der Waals surface area contributed by atoms with Crippen LogP contribution in [-0.4, -0.2) is 41.4 Å². The van der Waals surface area contributed by atoms with Crippen LogP contribution < -0.4 is 21.5 Å². The van der Waals surface area contributed by atoms with Crippen molar-refractivity contribution < 1.29 is 14.3 Å². The van der Waals surface area contributed by atoms with Crippen LogP contribution in [0.4, 0.5) is 17.1 Å². The zero-order valence-electron chi connectivity index (χ0n) is 17.8. The number of amides is 2. The van der Waals surface area contributed by atoms with Crippen LogP contribution in [-0.2, 0) is 4.79 Å². The highest BCUT2D eigenvalue weighted by Gasteiger charge is 2.26. The molecule has 10 heteroatoms. The number of aromatic nitrogens is 1. The Morgan fingerprint density at radius 3 is 2.55 bits per heavy atom. The predicted octanol–water partition coefficient (Wildman–Crippen LogP) is 4.00. The van der Waals surface area contributed by atoms with Crippen LogP contribution in [0.3, 0.4) is 0 Å². The first-order valence-electron chi connectivity index (χ1n) is 10.5. The average molecular weight is 486 g/mol. The fraction of sp³-hybridized carbons (Fsp3) is 0.261. The van der Waals surface area contributed by atoms with Gasteiger partial charge in [-0.15, -0.1) is 11.3 Å². The minimum absolute atomic E-state index is 0.0104. The van der Waals surface area contributed by atoms with Gasteiger partial charge in [0.15, 0.2) is 6.61 Å². The average Bonchev–Trinajstić information content (AvgIpc) is 3.32. The quantitative estimate of drug-likeness (QED) is 0.453. The summed E-state index contributed by atoms with van der Waals surface area (Å²) in [6.45, 7) is 1.24. The summed E-state index contributed by atoms with van der Waals surface area (Å²) in [6, 6.07) is 11.9. The molecule has 1 saturated heterocycles. The number of ether oxygens (including phenoxy) is 1. The Bertz CT molecular complexity index is 1140. The maximum atomic E-state index is 12.5. The number of benzene rings is 2. The van der Waals surface area contributed by atoms with Gasteiger partial charge in [0.2, 0.25) is 0 Å². The molecule has 4 rings (SSSR count). The molecule has 5 N–H and O–H groups in total. The first kappa shape index (κ1) is 22.9. The molecule has 0 aliphatic carbocycles. The van der Waals surface area contributed by atoms with E-state index in [1.54, 1.807) is 52.7 Å². The Kier molecular flexibility index (Phi) is 7.00. The lowest BCUT2D eigenvalue weighted by molar-refractivity contribution is -0.134. The summed E-state index contributed by atoms with van der Waals surface area (Å²) in [6.07, 6.45) is 1.57. The van der Waals surface area contributed by atoms with Crippen molar-refractivity contribution in [2.24, 2.45) is 0 Å². The van der Waals surface area contributed by atoms with E-state index in [9.17, 15) is 9.59 Å². The number of nitrogens with zero attached hydrogens (tertiary/aromatic N) is 2. The van der Waals surface area contributed by atoms with Crippen molar-refractivity contribution in [3.8, 4) is 5.75 Å². The molecule has 1 fully saturated rings. The summed E-state index contributed by atoms with van der Waals surface area (Å²) in [5.74, 6) is 0.474. The van der Waals surface area contributed by atoms with Crippen LogP contribution in [0.15, 0.2) is 47.8 Å². The Morgan fingerprint density at radius 2 is 1.85 bits per heavy atom. The fourth-order valence-electron chi connectivity index (χ4n) is 3.57. The summed E-state index contributed by atoms with van der Waals surface area (Å²) in [5.41, 5.74) is 13.3. The molecule has 2 amide bonds. The number of piperidine rings is 1. The van der Waals surface area contributed by atoms with Crippen molar-refractivity contribution in [1.82, 2.24) is 9.88 Å². The Morgan fingerprint density at radius 1 is 1.12 bits per heavy atom. The van der Waals surface area contributed by atoms with Gasteiger partial charge in [-0.2, -0.15) is 0 Å². The summed E-state index contributed by atoms with van der Waals surface area (Å²) in [7, 11) is 0. The zero-order valence-corrected chi connectivity index (χ0v) is 19.4. The minimum Gasteiger partial charge on any atom is -0.484 e. The van der Waals surface area contributed by atoms with Gasteiger partial charge in [0, 0.05) is 35.1 Å². The molecule has 33 heavy (non-hydrogen) atoms. The summed E-state index contributed by atoms with van der Waals surface area (Å²) < 4.78 is 5.56. The van der Waals surface area contributed by atoms with Gasteiger partial charge in [-0.25, -0.2) is 4.98 Å². The van der Waals surface area contributed by atoms with Crippen molar-refractivity contribution >= 4 is 51.8 Å². The molecular formula is C23H24ClN5O3S. The Labute approximate surface area is 200 Å². The van der Waals surface area contributed by atoms with E-state index in [0.717, 1.165) is 17.8 Å². The number of carbonyl (C=O) groups excluding carboxylic acids is 2. The van der Waals surface area contributed by atoms with Gasteiger partial charge < -0.3 is 26.4 Å². The lowest BCUT2D eigenvalue weighted by Crippen LogP contribution is -2.40. The third kappa shape index (κ3) is 5.74. The molecule has 0 atom stereocenters. The predicted molar refractivity (Wildman–Crippen MR) is 131 cm³/mol. The molecule has 0 spiro atoms. The van der Waals surface area contributed by atoms with E-state index in [4.69, 9.17) is 27.8 Å². The lowest BCUT2D eigenvalue weighted by Gasteiger charge is -2.31. The number of carbonyl (C=O) groups is 2. The van der Waals surface area contributed by atoms with E-state index in [0.29, 0.717) is 46.6 Å². The molecule has 172 valence electrons. The molecular weight excluding hydrogens is 462 g/mol. The molecule has 1 aliphatic rings. The maximum Gasteiger partial charge on any atom is 0.275 e. The zero-order chi connectivity index (χ0) is 23.4. The van der Waals surface area contributed by atoms with Crippen molar-refractivity contribution in [3.05, 3.63) is 63.6 Å². The van der Waals surface area contributed by atoms with Crippen LogP contribution in [0.1, 0.15) is 34.3 Å². The molecule has 2 aromatic carbocycles. The summed E-state index contributed by atoms with van der Waals surface area (Å²) in [4.78, 5) is 31.4. The highest BCUT2D eigenvalue weighted by molar-refractivity contribution is 7.10. The van der Waals surface area contributed by atoms with Gasteiger partial charge in [0.05, 0.1) is 16.4 Å². The number of anilines is 3. The number of halogens is 1. The number of hydrogen-bond donors (Lipinski definition) is 3. The largest absolute Gasteiger partial charge is 0.484 e. The summed E-state index contributed by atoms with van der Waals surface area (Å²) >= 11 is 7.32. The van der Waals surface area contributed by atoms with E-state index in [1.165, 1.54) is 11.3 Å². The first-order valence-corrected chi connectivity index (χ1v) is 11.7. The third-order valence-electron chi connectivity index (χ3n) is 5.47. The number of likely N-dealkylation sites (tertiary alicyclic amines) is 1. The number of nitrogens with one attached hydrogen (secondary N) is 1. The van der Waals surface area contributed by atoms with Gasteiger partial charge in [-0.05, 0) is 55.3 Å². The Balaban J connectivity index is 1.27. The highest BCUT2D eigenvalue weighted by Crippen LogP contribution is 2.31. The Hall–Kier alpha value is -3.30. The fourth-order valence-corrected chi connectivity index (χ4v) is 4.67. The second kappa shape index (κ2) is 10.1. The monoisotopic (exact) mass is 485 g/mol. The van der Waals surface area contributed by atoms with Crippen LogP contribution in [0.25, 0.3) is 0 Å². The maximum absolute atomic E-state index is 12.5. The van der Waals surface area contributed by atoms with Crippen LogP contribution in [0, 0.1) is 0 Å². The standard InChI is InChI=1S/C23H24ClN5O3S/c24-15-1-4-17(5-2-15)32-12-21(30)29-9-7-14(8-10-29)23-28-20(13-33-23)22(31)27-16-3-6-18(25)19(26)11-16/h1-6,11,13-14H,7-10,12,25-26H2,(H,27,31). The lowest BCUT2D eigenvalue weighted by atomic mass is 9.97. The molecule has 0 saturated carbocycles. The second-order valence-electron chi connectivity index (χ2n) is 7.77. The SMILES string of the molecule is Nc1ccc(NC(=O)c2csc(C3CCN(C(=O)COc4ccc(Cl)cc4)CC3)n2)cc1N. The minimum atomic E-state index is -0.298. The molecule has 8 nitrogen and oxygen atoms in total. The van der Waals surface area contributed by atoms with Crippen molar-refractivity contribution in [3.63, 3.8) is 0 Å². The van der Waals surface area contributed by atoms with Gasteiger partial charge >= 0.3 is 0 Å². The molecule has 3 aromatic rings. The molecule has 0 radical (unpaired) electrons. The van der Waals surface area contributed by atoms with Crippen LogP contribution in [0.5, 0.6) is 5.75 Å². The highest BCUT2D eigenvalue weighted by atomic mass is 35.5. The van der Waals surface area contributed by atoms with Crippen LogP contribution in [0.2, 0.25) is 5.02 Å². The molecule has 0 bridgehead atoms. The normalized spacial score (nSPS) is 14.2. The number of nitrogen functional groups attached to an aromatic ring is 2. The van der Waals surface area contributed by atoms with Crippen molar-refractivity contribution in [2.45, 2.75) is 18.8 Å². The van der Waals surface area contributed by atoms with Crippen molar-refractivity contribution in [2.75, 3.05) is 36.5 Å². The van der Waals surface area contributed by atoms with E-state index >= 15 is 0 Å². The van der Waals surface area contributed by atoms with E-state index < -0.39 is 0 Å².